The van der Waals surface area contributed by atoms with Crippen molar-refractivity contribution in [1.29, 1.82) is 0 Å². The van der Waals surface area contributed by atoms with Crippen molar-refractivity contribution in [2.75, 3.05) is 33.3 Å². The molecule has 1 unspecified atom stereocenters. The van der Waals surface area contributed by atoms with Gasteiger partial charge in [-0.2, -0.15) is 0 Å². The fraction of sp³-hybridized carbons (Fsp3) is 0.833. The number of hydrogen-bond donors (Lipinski definition) is 2. The van der Waals surface area contributed by atoms with Gasteiger partial charge in [0.2, 0.25) is 0 Å². The molecule has 0 spiro atoms. The number of likely N-dealkylation sites (tertiary alicyclic amines) is 1. The van der Waals surface area contributed by atoms with Crippen LogP contribution in [0.15, 0.2) is 12.2 Å². The first-order valence-corrected chi connectivity index (χ1v) is 5.94. The first-order valence-electron chi connectivity index (χ1n) is 5.94. The molecule has 0 aromatic rings. The lowest BCUT2D eigenvalue weighted by Crippen LogP contribution is -2.41. The minimum atomic E-state index is 0.305. The van der Waals surface area contributed by atoms with Gasteiger partial charge in [-0.25, -0.2) is 0 Å². The molecule has 0 bridgehead atoms. The van der Waals surface area contributed by atoms with E-state index in [2.05, 4.69) is 16.8 Å². The molecule has 2 N–H and O–H groups in total. The van der Waals surface area contributed by atoms with E-state index in [-0.39, 0.29) is 0 Å². The van der Waals surface area contributed by atoms with Crippen LogP contribution in [0.4, 0.5) is 0 Å². The largest absolute Gasteiger partial charge is 0.396 e. The number of aliphatic hydroxyl groups is 1. The second kappa shape index (κ2) is 6.99. The van der Waals surface area contributed by atoms with Crippen LogP contribution in [0.5, 0.6) is 0 Å². The van der Waals surface area contributed by atoms with Crippen LogP contribution in [-0.2, 0) is 0 Å². The van der Waals surface area contributed by atoms with Crippen molar-refractivity contribution in [3.05, 3.63) is 12.2 Å². The zero-order valence-electron chi connectivity index (χ0n) is 9.84. The number of hydrogen-bond acceptors (Lipinski definition) is 3. The Hall–Kier alpha value is -0.380. The third-order valence-corrected chi connectivity index (χ3v) is 3.06. The maximum atomic E-state index is 9.01. The van der Waals surface area contributed by atoms with E-state index in [1.54, 1.807) is 0 Å². The summed E-state index contributed by atoms with van der Waals surface area (Å²) in [6, 6.07) is 0.567. The smallest absolute Gasteiger partial charge is 0.0445 e. The highest BCUT2D eigenvalue weighted by atomic mass is 16.3. The summed E-state index contributed by atoms with van der Waals surface area (Å²) in [5, 5.41) is 12.1. The molecule has 3 nitrogen and oxygen atoms in total. The standard InChI is InChI=1S/C12H24N2O/c1-11(9-13-2)10-14-7-4-3-5-12(14)6-8-15/h12-13,15H,1,3-10H2,2H3. The average Bonchev–Trinajstić information content (AvgIpc) is 2.21. The van der Waals surface area contributed by atoms with Gasteiger partial charge in [-0.15, -0.1) is 0 Å². The summed E-state index contributed by atoms with van der Waals surface area (Å²) in [6.45, 7) is 7.40. The molecule has 0 aromatic carbocycles. The van der Waals surface area contributed by atoms with Crippen LogP contribution in [0, 0.1) is 0 Å². The third kappa shape index (κ3) is 4.33. The van der Waals surface area contributed by atoms with Crippen LogP contribution in [0.2, 0.25) is 0 Å². The van der Waals surface area contributed by atoms with Crippen molar-refractivity contribution in [3.63, 3.8) is 0 Å². The number of likely N-dealkylation sites (N-methyl/N-ethyl adjacent to an activating group) is 1. The summed E-state index contributed by atoms with van der Waals surface area (Å²) < 4.78 is 0. The minimum Gasteiger partial charge on any atom is -0.396 e. The summed E-state index contributed by atoms with van der Waals surface area (Å²) in [4.78, 5) is 2.47. The second-order valence-corrected chi connectivity index (χ2v) is 4.41. The molecule has 1 atom stereocenters. The lowest BCUT2D eigenvalue weighted by atomic mass is 9.99. The predicted molar refractivity (Wildman–Crippen MR) is 64.0 cm³/mol. The van der Waals surface area contributed by atoms with E-state index in [0.717, 1.165) is 26.1 Å². The fourth-order valence-corrected chi connectivity index (χ4v) is 2.34. The average molecular weight is 212 g/mol. The van der Waals surface area contributed by atoms with Gasteiger partial charge in [-0.05, 0) is 38.4 Å². The van der Waals surface area contributed by atoms with Gasteiger partial charge in [-0.1, -0.05) is 13.0 Å². The quantitative estimate of drug-likeness (QED) is 0.645. The summed E-state index contributed by atoms with van der Waals surface area (Å²) in [7, 11) is 1.95. The molecule has 0 aliphatic carbocycles. The van der Waals surface area contributed by atoms with E-state index >= 15 is 0 Å². The van der Waals surface area contributed by atoms with E-state index in [0.29, 0.717) is 12.6 Å². The van der Waals surface area contributed by atoms with Gasteiger partial charge in [0.15, 0.2) is 0 Å². The van der Waals surface area contributed by atoms with Crippen LogP contribution in [-0.4, -0.2) is 49.3 Å². The Bertz CT molecular complexity index is 192. The summed E-state index contributed by atoms with van der Waals surface area (Å²) >= 11 is 0. The van der Waals surface area contributed by atoms with Crippen molar-refractivity contribution in [1.82, 2.24) is 10.2 Å². The zero-order valence-corrected chi connectivity index (χ0v) is 9.84. The van der Waals surface area contributed by atoms with Gasteiger partial charge >= 0.3 is 0 Å². The first-order chi connectivity index (χ1) is 7.27. The Labute approximate surface area is 93.2 Å². The normalized spacial score (nSPS) is 22.9. The van der Waals surface area contributed by atoms with Crippen molar-refractivity contribution in [3.8, 4) is 0 Å². The maximum Gasteiger partial charge on any atom is 0.0445 e. The monoisotopic (exact) mass is 212 g/mol. The highest BCUT2D eigenvalue weighted by molar-refractivity contribution is 5.00. The molecule has 1 rings (SSSR count). The highest BCUT2D eigenvalue weighted by Crippen LogP contribution is 2.19. The molecule has 1 aliphatic rings. The number of rotatable bonds is 6. The first kappa shape index (κ1) is 12.7. The van der Waals surface area contributed by atoms with Crippen molar-refractivity contribution in [2.45, 2.75) is 31.7 Å². The second-order valence-electron chi connectivity index (χ2n) is 4.41. The molecule has 1 heterocycles. The SMILES string of the molecule is C=C(CNC)CN1CCCCC1CCO. The van der Waals surface area contributed by atoms with E-state index in [4.69, 9.17) is 5.11 Å². The Morgan fingerprint density at radius 1 is 1.53 bits per heavy atom. The van der Waals surface area contributed by atoms with E-state index in [1.807, 2.05) is 7.05 Å². The molecule has 1 saturated heterocycles. The molecule has 3 heteroatoms. The van der Waals surface area contributed by atoms with Crippen molar-refractivity contribution < 1.29 is 5.11 Å². The van der Waals surface area contributed by atoms with Crippen molar-refractivity contribution >= 4 is 0 Å². The van der Waals surface area contributed by atoms with Crippen LogP contribution in [0.3, 0.4) is 0 Å². The lowest BCUT2D eigenvalue weighted by Gasteiger charge is -2.36. The van der Waals surface area contributed by atoms with Gasteiger partial charge in [0.25, 0.3) is 0 Å². The highest BCUT2D eigenvalue weighted by Gasteiger charge is 2.21. The topological polar surface area (TPSA) is 35.5 Å². The summed E-state index contributed by atoms with van der Waals surface area (Å²) in [6.07, 6.45) is 4.73. The van der Waals surface area contributed by atoms with E-state index in [1.165, 1.54) is 24.8 Å². The number of piperidine rings is 1. The molecule has 0 amide bonds. The molecule has 1 aliphatic heterocycles. The van der Waals surface area contributed by atoms with Gasteiger partial charge in [0, 0.05) is 25.7 Å². The molecule has 88 valence electrons. The molecular weight excluding hydrogens is 188 g/mol. The molecule has 0 saturated carbocycles. The van der Waals surface area contributed by atoms with Crippen LogP contribution >= 0.6 is 0 Å². The number of nitrogens with one attached hydrogen (secondary N) is 1. The van der Waals surface area contributed by atoms with E-state index in [9.17, 15) is 0 Å². The Morgan fingerprint density at radius 3 is 3.00 bits per heavy atom. The van der Waals surface area contributed by atoms with Gasteiger partial charge in [0.1, 0.15) is 0 Å². The molecular formula is C12H24N2O. The molecule has 1 fully saturated rings. The summed E-state index contributed by atoms with van der Waals surface area (Å²) in [5.41, 5.74) is 1.24. The maximum absolute atomic E-state index is 9.01. The predicted octanol–water partition coefficient (Wildman–Crippen LogP) is 0.999. The Morgan fingerprint density at radius 2 is 2.33 bits per heavy atom. The number of nitrogens with zero attached hydrogens (tertiary/aromatic N) is 1. The summed E-state index contributed by atoms with van der Waals surface area (Å²) in [5.74, 6) is 0. The fourth-order valence-electron chi connectivity index (χ4n) is 2.34. The van der Waals surface area contributed by atoms with Crippen LogP contribution < -0.4 is 5.32 Å². The van der Waals surface area contributed by atoms with Gasteiger partial charge < -0.3 is 10.4 Å². The van der Waals surface area contributed by atoms with Gasteiger partial charge in [-0.3, -0.25) is 4.90 Å². The van der Waals surface area contributed by atoms with Crippen molar-refractivity contribution in [2.24, 2.45) is 0 Å². The van der Waals surface area contributed by atoms with Crippen LogP contribution in [0.1, 0.15) is 25.7 Å². The van der Waals surface area contributed by atoms with Gasteiger partial charge in [0.05, 0.1) is 0 Å². The number of aliphatic hydroxyl groups excluding tert-OH is 1. The lowest BCUT2D eigenvalue weighted by molar-refractivity contribution is 0.129. The molecule has 0 radical (unpaired) electrons. The zero-order chi connectivity index (χ0) is 11.1. The Balaban J connectivity index is 2.38. The third-order valence-electron chi connectivity index (χ3n) is 3.06. The van der Waals surface area contributed by atoms with Crippen LogP contribution in [0.25, 0.3) is 0 Å². The Kier molecular flexibility index (Phi) is 5.91. The minimum absolute atomic E-state index is 0.305. The molecule has 0 aromatic heterocycles. The molecule has 15 heavy (non-hydrogen) atoms. The van der Waals surface area contributed by atoms with E-state index < -0.39 is 0 Å².